The lowest BCUT2D eigenvalue weighted by molar-refractivity contribution is -0.00952. The van der Waals surface area contributed by atoms with Gasteiger partial charge in [-0.15, -0.1) is 0 Å². The number of aryl methyl sites for hydroxylation is 1. The summed E-state index contributed by atoms with van der Waals surface area (Å²) in [5, 5.41) is 11.8. The van der Waals surface area contributed by atoms with Gasteiger partial charge in [-0.25, -0.2) is 14.8 Å². The lowest BCUT2D eigenvalue weighted by Crippen LogP contribution is -2.43. The number of carbonyl (C=O) groups excluding carboxylic acids is 1. The second-order valence-electron chi connectivity index (χ2n) is 6.02. The highest BCUT2D eigenvalue weighted by atomic mass is 16.5. The summed E-state index contributed by atoms with van der Waals surface area (Å²) in [6, 6.07) is 7.87. The van der Waals surface area contributed by atoms with Crippen molar-refractivity contribution in [3.05, 3.63) is 59.2 Å². The largest absolute Gasteiger partial charge is 0.476 e. The van der Waals surface area contributed by atoms with Crippen molar-refractivity contribution in [3.63, 3.8) is 0 Å². The molecule has 1 aliphatic heterocycles. The van der Waals surface area contributed by atoms with E-state index in [1.807, 2.05) is 31.2 Å². The van der Waals surface area contributed by atoms with Crippen LogP contribution in [0.3, 0.4) is 0 Å². The molecule has 130 valence electrons. The Hall–Kier alpha value is -2.80. The van der Waals surface area contributed by atoms with E-state index in [0.717, 1.165) is 30.2 Å². The third-order valence-electron chi connectivity index (χ3n) is 4.15. The second-order valence-corrected chi connectivity index (χ2v) is 6.02. The zero-order valence-electron chi connectivity index (χ0n) is 13.8. The molecule has 1 aromatic carbocycles. The van der Waals surface area contributed by atoms with E-state index in [0.29, 0.717) is 6.61 Å². The van der Waals surface area contributed by atoms with Gasteiger partial charge in [0.25, 0.3) is 5.91 Å². The summed E-state index contributed by atoms with van der Waals surface area (Å²) in [5.74, 6) is -1.57. The average molecular weight is 341 g/mol. The van der Waals surface area contributed by atoms with Crippen LogP contribution in [0.5, 0.6) is 0 Å². The summed E-state index contributed by atoms with van der Waals surface area (Å²) >= 11 is 0. The first-order valence-corrected chi connectivity index (χ1v) is 8.09. The van der Waals surface area contributed by atoms with Gasteiger partial charge >= 0.3 is 5.97 Å². The molecule has 0 radical (unpaired) electrons. The highest BCUT2D eigenvalue weighted by Crippen LogP contribution is 2.28. The number of carboxylic acids is 1. The molecule has 25 heavy (non-hydrogen) atoms. The van der Waals surface area contributed by atoms with Crippen LogP contribution in [0.2, 0.25) is 0 Å². The number of amides is 1. The van der Waals surface area contributed by atoms with Gasteiger partial charge in [-0.05, 0) is 25.3 Å². The molecule has 7 heteroatoms. The minimum absolute atomic E-state index is 0.0817. The Morgan fingerprint density at radius 1 is 1.16 bits per heavy atom. The fourth-order valence-electron chi connectivity index (χ4n) is 2.81. The molecule has 2 N–H and O–H groups in total. The summed E-state index contributed by atoms with van der Waals surface area (Å²) in [6.45, 7) is 2.67. The van der Waals surface area contributed by atoms with E-state index >= 15 is 0 Å². The fourth-order valence-corrected chi connectivity index (χ4v) is 2.81. The monoisotopic (exact) mass is 341 g/mol. The third-order valence-corrected chi connectivity index (χ3v) is 4.15. The zero-order chi connectivity index (χ0) is 17.8. The van der Waals surface area contributed by atoms with E-state index in [9.17, 15) is 9.59 Å². The lowest BCUT2D eigenvalue weighted by Gasteiger charge is -2.32. The van der Waals surface area contributed by atoms with Gasteiger partial charge in [-0.3, -0.25) is 4.79 Å². The van der Waals surface area contributed by atoms with Gasteiger partial charge in [0.1, 0.15) is 11.8 Å². The number of ether oxygens (including phenoxy) is 1. The molecule has 7 nitrogen and oxygen atoms in total. The molecule has 2 aromatic rings. The number of rotatable bonds is 4. The maximum absolute atomic E-state index is 12.4. The molecule has 1 aliphatic rings. The van der Waals surface area contributed by atoms with Crippen LogP contribution in [-0.4, -0.2) is 39.6 Å². The van der Waals surface area contributed by atoms with Crippen molar-refractivity contribution in [2.45, 2.75) is 31.9 Å². The van der Waals surface area contributed by atoms with Crippen molar-refractivity contribution in [2.75, 3.05) is 6.61 Å². The minimum Gasteiger partial charge on any atom is -0.476 e. The van der Waals surface area contributed by atoms with Crippen LogP contribution < -0.4 is 5.32 Å². The Labute approximate surface area is 145 Å². The molecule has 0 aliphatic carbocycles. The summed E-state index contributed by atoms with van der Waals surface area (Å²) in [5.41, 5.74) is 2.06. The van der Waals surface area contributed by atoms with E-state index in [2.05, 4.69) is 15.3 Å². The maximum atomic E-state index is 12.4. The van der Waals surface area contributed by atoms with E-state index in [4.69, 9.17) is 9.84 Å². The van der Waals surface area contributed by atoms with E-state index in [1.54, 1.807) is 0 Å². The standard InChI is InChI=1S/C18H19N3O4/c1-11-4-6-12(7-5-11)16-13(3-2-8-25-16)21-17(22)14-9-20-15(10-19-14)18(23)24/h4-7,9-10,13,16H,2-3,8H2,1H3,(H,21,22)(H,23,24). The number of carboxylic acid groups (broad SMARTS) is 1. The topological polar surface area (TPSA) is 101 Å². The van der Waals surface area contributed by atoms with Gasteiger partial charge < -0.3 is 15.2 Å². The van der Waals surface area contributed by atoms with Crippen molar-refractivity contribution < 1.29 is 19.4 Å². The van der Waals surface area contributed by atoms with Crippen molar-refractivity contribution in [2.24, 2.45) is 0 Å². The molecule has 0 bridgehead atoms. The second kappa shape index (κ2) is 7.40. The fraction of sp³-hybridized carbons (Fsp3) is 0.333. The number of carbonyl (C=O) groups is 2. The predicted molar refractivity (Wildman–Crippen MR) is 89.4 cm³/mol. The van der Waals surface area contributed by atoms with Crippen molar-refractivity contribution in [1.29, 1.82) is 0 Å². The predicted octanol–water partition coefficient (Wildman–Crippen LogP) is 2.13. The van der Waals surface area contributed by atoms with E-state index < -0.39 is 11.9 Å². The number of benzene rings is 1. The molecule has 1 amide bonds. The smallest absolute Gasteiger partial charge is 0.356 e. The summed E-state index contributed by atoms with van der Waals surface area (Å²) in [4.78, 5) is 30.8. The van der Waals surface area contributed by atoms with Crippen LogP contribution in [0.15, 0.2) is 36.7 Å². The summed E-state index contributed by atoms with van der Waals surface area (Å²) in [7, 11) is 0. The number of aromatic nitrogens is 2. The molecule has 2 atom stereocenters. The third kappa shape index (κ3) is 4.00. The first-order valence-electron chi connectivity index (χ1n) is 8.09. The van der Waals surface area contributed by atoms with Crippen molar-refractivity contribution in [1.82, 2.24) is 15.3 Å². The first-order chi connectivity index (χ1) is 12.0. The van der Waals surface area contributed by atoms with Gasteiger partial charge in [-0.1, -0.05) is 29.8 Å². The Morgan fingerprint density at radius 2 is 1.84 bits per heavy atom. The van der Waals surface area contributed by atoms with Gasteiger partial charge in [-0.2, -0.15) is 0 Å². The summed E-state index contributed by atoms with van der Waals surface area (Å²) < 4.78 is 5.88. The van der Waals surface area contributed by atoms with Crippen LogP contribution in [-0.2, 0) is 4.74 Å². The van der Waals surface area contributed by atoms with Crippen LogP contribution in [0.1, 0.15) is 51.0 Å². The molecule has 2 heterocycles. The van der Waals surface area contributed by atoms with Crippen LogP contribution in [0.25, 0.3) is 0 Å². The quantitative estimate of drug-likeness (QED) is 0.883. The van der Waals surface area contributed by atoms with Gasteiger partial charge in [0, 0.05) is 6.61 Å². The number of hydrogen-bond acceptors (Lipinski definition) is 5. The van der Waals surface area contributed by atoms with Gasteiger partial charge in [0.05, 0.1) is 18.4 Å². The normalized spacial score (nSPS) is 20.0. The Balaban J connectivity index is 1.73. The summed E-state index contributed by atoms with van der Waals surface area (Å²) in [6.07, 6.45) is 3.68. The SMILES string of the molecule is Cc1ccc(C2OCCCC2NC(=O)c2cnc(C(=O)O)cn2)cc1. The average Bonchev–Trinajstić information content (AvgIpc) is 2.63. The number of aromatic carboxylic acids is 1. The molecule has 0 saturated carbocycles. The molecule has 1 fully saturated rings. The highest BCUT2D eigenvalue weighted by molar-refractivity contribution is 5.93. The first kappa shape index (κ1) is 17.0. The molecule has 3 rings (SSSR count). The Bertz CT molecular complexity index is 759. The number of nitrogens with zero attached hydrogens (tertiary/aromatic N) is 2. The van der Waals surface area contributed by atoms with Gasteiger partial charge in [0.2, 0.25) is 0 Å². The molecular formula is C18H19N3O4. The Morgan fingerprint density at radius 3 is 2.48 bits per heavy atom. The van der Waals surface area contributed by atoms with Crippen LogP contribution in [0.4, 0.5) is 0 Å². The molecular weight excluding hydrogens is 322 g/mol. The lowest BCUT2D eigenvalue weighted by atomic mass is 9.95. The van der Waals surface area contributed by atoms with E-state index in [-0.39, 0.29) is 23.5 Å². The van der Waals surface area contributed by atoms with Crippen molar-refractivity contribution in [3.8, 4) is 0 Å². The molecule has 2 unspecified atom stereocenters. The maximum Gasteiger partial charge on any atom is 0.356 e. The molecule has 1 aromatic heterocycles. The Kier molecular flexibility index (Phi) is 5.04. The highest BCUT2D eigenvalue weighted by Gasteiger charge is 2.29. The number of nitrogens with one attached hydrogen (secondary N) is 1. The minimum atomic E-state index is -1.18. The zero-order valence-corrected chi connectivity index (χ0v) is 13.8. The van der Waals surface area contributed by atoms with E-state index in [1.165, 1.54) is 6.20 Å². The molecule has 1 saturated heterocycles. The van der Waals surface area contributed by atoms with Crippen LogP contribution in [0, 0.1) is 6.92 Å². The van der Waals surface area contributed by atoms with Crippen molar-refractivity contribution >= 4 is 11.9 Å². The van der Waals surface area contributed by atoms with Crippen LogP contribution >= 0.6 is 0 Å². The van der Waals surface area contributed by atoms with Gasteiger partial charge in [0.15, 0.2) is 5.69 Å². The number of hydrogen-bond donors (Lipinski definition) is 2. The molecule has 0 spiro atoms.